The summed E-state index contributed by atoms with van der Waals surface area (Å²) in [6, 6.07) is 0.447. The van der Waals surface area contributed by atoms with Crippen LogP contribution in [0.2, 0.25) is 0 Å². The Kier molecular flexibility index (Phi) is 3.73. The summed E-state index contributed by atoms with van der Waals surface area (Å²) in [5, 5.41) is 3.37. The summed E-state index contributed by atoms with van der Waals surface area (Å²) in [5.41, 5.74) is 0.614. The molecule has 1 saturated heterocycles. The van der Waals surface area contributed by atoms with Gasteiger partial charge in [0.25, 0.3) is 5.91 Å². The molecule has 1 aromatic rings. The van der Waals surface area contributed by atoms with Crippen molar-refractivity contribution in [2.75, 3.05) is 19.6 Å². The number of aromatic nitrogens is 2. The van der Waals surface area contributed by atoms with E-state index in [-0.39, 0.29) is 5.91 Å². The van der Waals surface area contributed by atoms with Gasteiger partial charge in [0.05, 0.1) is 5.56 Å². The summed E-state index contributed by atoms with van der Waals surface area (Å²) in [6.45, 7) is 3.04. The van der Waals surface area contributed by atoms with Gasteiger partial charge < -0.3 is 10.2 Å². The summed E-state index contributed by atoms with van der Waals surface area (Å²) in [5.74, 6) is 0.733. The lowest BCUT2D eigenvalue weighted by Gasteiger charge is -2.30. The second-order valence-corrected chi connectivity index (χ2v) is 5.51. The van der Waals surface area contributed by atoms with E-state index in [9.17, 15) is 4.79 Å². The maximum absolute atomic E-state index is 12.5. The molecular weight excluding hydrogens is 240 g/mol. The van der Waals surface area contributed by atoms with E-state index in [1.54, 1.807) is 12.4 Å². The molecule has 0 aromatic carbocycles. The van der Waals surface area contributed by atoms with Gasteiger partial charge in [-0.2, -0.15) is 0 Å². The predicted octanol–water partition coefficient (Wildman–Crippen LogP) is 1.08. The van der Waals surface area contributed by atoms with Gasteiger partial charge in [0.15, 0.2) is 0 Å². The molecule has 1 aromatic heterocycles. The Bertz CT molecular complexity index is 426. The van der Waals surface area contributed by atoms with Crippen molar-refractivity contribution in [1.82, 2.24) is 20.2 Å². The molecule has 1 aliphatic carbocycles. The molecule has 1 saturated carbocycles. The number of rotatable bonds is 4. The van der Waals surface area contributed by atoms with Crippen LogP contribution in [0.1, 0.15) is 36.0 Å². The van der Waals surface area contributed by atoms with E-state index in [1.807, 2.05) is 0 Å². The van der Waals surface area contributed by atoms with E-state index in [0.29, 0.717) is 17.5 Å². The van der Waals surface area contributed by atoms with Gasteiger partial charge in [-0.3, -0.25) is 4.79 Å². The summed E-state index contributed by atoms with van der Waals surface area (Å²) >= 11 is 0. The second kappa shape index (κ2) is 5.65. The molecule has 0 spiro atoms. The third-order valence-electron chi connectivity index (χ3n) is 3.97. The molecule has 0 radical (unpaired) electrons. The number of carbonyl (C=O) groups excluding carboxylic acids is 1. The highest BCUT2D eigenvalue weighted by Gasteiger charge is 2.34. The van der Waals surface area contributed by atoms with Gasteiger partial charge in [0, 0.05) is 25.0 Å². The second-order valence-electron chi connectivity index (χ2n) is 5.51. The van der Waals surface area contributed by atoms with Crippen molar-refractivity contribution in [3.8, 4) is 0 Å². The average molecular weight is 260 g/mol. The fourth-order valence-electron chi connectivity index (χ4n) is 2.70. The monoisotopic (exact) mass is 260 g/mol. The lowest BCUT2D eigenvalue weighted by molar-refractivity contribution is 0.0701. The van der Waals surface area contributed by atoms with Crippen molar-refractivity contribution in [1.29, 1.82) is 0 Å². The minimum absolute atomic E-state index is 0.0987. The topological polar surface area (TPSA) is 58.1 Å². The van der Waals surface area contributed by atoms with Crippen LogP contribution in [0.15, 0.2) is 18.7 Å². The van der Waals surface area contributed by atoms with Crippen LogP contribution in [0.4, 0.5) is 0 Å². The molecule has 1 amide bonds. The maximum atomic E-state index is 12.5. The van der Waals surface area contributed by atoms with Gasteiger partial charge in [-0.25, -0.2) is 9.97 Å². The van der Waals surface area contributed by atoms with Crippen molar-refractivity contribution < 1.29 is 4.79 Å². The molecule has 19 heavy (non-hydrogen) atoms. The molecule has 1 aliphatic heterocycles. The highest BCUT2D eigenvalue weighted by molar-refractivity contribution is 5.94. The molecule has 0 unspecified atom stereocenters. The predicted molar refractivity (Wildman–Crippen MR) is 71.7 cm³/mol. The number of nitrogens with zero attached hydrogens (tertiary/aromatic N) is 3. The first-order valence-electron chi connectivity index (χ1n) is 7.11. The van der Waals surface area contributed by atoms with Crippen LogP contribution in [0, 0.1) is 5.92 Å². The molecule has 2 aliphatic rings. The zero-order valence-corrected chi connectivity index (χ0v) is 11.1. The van der Waals surface area contributed by atoms with E-state index < -0.39 is 0 Å². The number of nitrogens with one attached hydrogen (secondary N) is 1. The number of hydrogen-bond donors (Lipinski definition) is 1. The van der Waals surface area contributed by atoms with Crippen LogP contribution in [0.3, 0.4) is 0 Å². The highest BCUT2D eigenvalue weighted by Crippen LogP contribution is 2.30. The number of piperidine rings is 1. The summed E-state index contributed by atoms with van der Waals surface area (Å²) in [7, 11) is 0. The van der Waals surface area contributed by atoms with E-state index in [4.69, 9.17) is 0 Å². The molecule has 5 nitrogen and oxygen atoms in total. The van der Waals surface area contributed by atoms with Crippen molar-refractivity contribution in [3.05, 3.63) is 24.3 Å². The van der Waals surface area contributed by atoms with E-state index in [2.05, 4.69) is 20.2 Å². The molecule has 1 N–H and O–H groups in total. The molecule has 3 rings (SSSR count). The normalized spacial score (nSPS) is 20.2. The zero-order valence-electron chi connectivity index (χ0n) is 11.1. The molecule has 5 heteroatoms. The molecule has 0 bridgehead atoms. The van der Waals surface area contributed by atoms with Crippen molar-refractivity contribution >= 4 is 5.91 Å². The number of amides is 1. The molecule has 2 heterocycles. The largest absolute Gasteiger partial charge is 0.335 e. The highest BCUT2D eigenvalue weighted by atomic mass is 16.2. The number of carbonyl (C=O) groups is 1. The van der Waals surface area contributed by atoms with Crippen LogP contribution in [-0.2, 0) is 0 Å². The first-order valence-corrected chi connectivity index (χ1v) is 7.11. The summed E-state index contributed by atoms with van der Waals surface area (Å²) < 4.78 is 0. The van der Waals surface area contributed by atoms with Gasteiger partial charge in [-0.1, -0.05) is 0 Å². The average Bonchev–Trinajstić information content (AvgIpc) is 3.31. The van der Waals surface area contributed by atoms with Crippen LogP contribution in [-0.4, -0.2) is 46.5 Å². The molecule has 2 fully saturated rings. The van der Waals surface area contributed by atoms with Gasteiger partial charge in [0.2, 0.25) is 0 Å². The Hall–Kier alpha value is -1.49. The molecular formula is C14H20N4O. The van der Waals surface area contributed by atoms with Crippen LogP contribution in [0.5, 0.6) is 0 Å². The smallest absolute Gasteiger partial charge is 0.257 e. The van der Waals surface area contributed by atoms with Crippen LogP contribution >= 0.6 is 0 Å². The zero-order chi connectivity index (χ0) is 13.1. The standard InChI is InChI=1S/C14H20N4O/c19-14(12-7-16-10-17-8-12)18(13-1-2-13)9-11-3-5-15-6-4-11/h7-8,10-11,13,15H,1-6,9H2. The van der Waals surface area contributed by atoms with Gasteiger partial charge in [-0.15, -0.1) is 0 Å². The Balaban J connectivity index is 1.68. The summed E-state index contributed by atoms with van der Waals surface area (Å²) in [4.78, 5) is 22.5. The Morgan fingerprint density at radius 2 is 1.89 bits per heavy atom. The van der Waals surface area contributed by atoms with E-state index in [1.165, 1.54) is 19.2 Å². The third kappa shape index (κ3) is 3.10. The lowest BCUT2D eigenvalue weighted by Crippen LogP contribution is -2.40. The van der Waals surface area contributed by atoms with Crippen LogP contribution in [0.25, 0.3) is 0 Å². The van der Waals surface area contributed by atoms with Gasteiger partial charge >= 0.3 is 0 Å². The minimum atomic E-state index is 0.0987. The van der Waals surface area contributed by atoms with Gasteiger partial charge in [0.1, 0.15) is 6.33 Å². The van der Waals surface area contributed by atoms with E-state index in [0.717, 1.165) is 32.5 Å². The Morgan fingerprint density at radius 3 is 2.53 bits per heavy atom. The van der Waals surface area contributed by atoms with Crippen molar-refractivity contribution in [3.63, 3.8) is 0 Å². The van der Waals surface area contributed by atoms with E-state index >= 15 is 0 Å². The fraction of sp³-hybridized carbons (Fsp3) is 0.643. The Labute approximate surface area is 113 Å². The van der Waals surface area contributed by atoms with Gasteiger partial charge in [-0.05, 0) is 44.7 Å². The third-order valence-corrected chi connectivity index (χ3v) is 3.97. The first-order chi connectivity index (χ1) is 9.34. The molecule has 0 atom stereocenters. The number of hydrogen-bond acceptors (Lipinski definition) is 4. The Morgan fingerprint density at radius 1 is 1.21 bits per heavy atom. The fourth-order valence-corrected chi connectivity index (χ4v) is 2.70. The van der Waals surface area contributed by atoms with Crippen LogP contribution < -0.4 is 5.32 Å². The molecule has 102 valence electrons. The maximum Gasteiger partial charge on any atom is 0.257 e. The quantitative estimate of drug-likeness (QED) is 0.880. The SMILES string of the molecule is O=C(c1cncnc1)N(CC1CCNCC1)C1CC1. The first kappa shape index (κ1) is 12.5. The van der Waals surface area contributed by atoms with Crippen molar-refractivity contribution in [2.24, 2.45) is 5.92 Å². The summed E-state index contributed by atoms with van der Waals surface area (Å²) in [6.07, 6.45) is 9.32. The lowest BCUT2D eigenvalue weighted by atomic mass is 9.97. The minimum Gasteiger partial charge on any atom is -0.335 e. The van der Waals surface area contributed by atoms with Crippen molar-refractivity contribution in [2.45, 2.75) is 31.7 Å².